The zero-order valence-corrected chi connectivity index (χ0v) is 13.3. The van der Waals surface area contributed by atoms with Gasteiger partial charge in [0.15, 0.2) is 18.4 Å². The predicted molar refractivity (Wildman–Crippen MR) is 70.2 cm³/mol. The summed E-state index contributed by atoms with van der Waals surface area (Å²) in [6, 6.07) is 0. The van der Waals surface area contributed by atoms with Crippen LogP contribution >= 0.6 is 15.9 Å². The molecule has 5 unspecified atom stereocenters. The van der Waals surface area contributed by atoms with Gasteiger partial charge in [0.25, 0.3) is 0 Å². The van der Waals surface area contributed by atoms with E-state index in [2.05, 4.69) is 15.9 Å². The fraction of sp³-hybridized carbons (Fsp3) is 0.750. The van der Waals surface area contributed by atoms with Gasteiger partial charge in [0.1, 0.15) is 17.7 Å². The number of carbonyl (C=O) groups is 3. The Labute approximate surface area is 129 Å². The lowest BCUT2D eigenvalue weighted by molar-refractivity contribution is -0.220. The largest absolute Gasteiger partial charge is 0.463 e. The average Bonchev–Trinajstić information content (AvgIpc) is 2.35. The summed E-state index contributed by atoms with van der Waals surface area (Å²) < 4.78 is 34.0. The van der Waals surface area contributed by atoms with Crippen LogP contribution in [0.15, 0.2) is 0 Å². The van der Waals surface area contributed by atoms with E-state index in [4.69, 9.17) is 18.9 Å². The van der Waals surface area contributed by atoms with Gasteiger partial charge in [-0.15, -0.1) is 0 Å². The van der Waals surface area contributed by atoms with E-state index in [1.807, 2.05) is 0 Å². The quantitative estimate of drug-likeness (QED) is 0.412. The van der Waals surface area contributed by atoms with E-state index in [0.717, 1.165) is 13.8 Å². The highest BCUT2D eigenvalue weighted by molar-refractivity contribution is 9.09. The van der Waals surface area contributed by atoms with Gasteiger partial charge in [-0.05, 0) is 0 Å². The second kappa shape index (κ2) is 7.69. The van der Waals surface area contributed by atoms with Crippen LogP contribution in [0.1, 0.15) is 20.8 Å². The zero-order chi connectivity index (χ0) is 16.2. The molecule has 0 aromatic rings. The van der Waals surface area contributed by atoms with E-state index in [1.54, 1.807) is 0 Å². The number of ether oxygens (including phenoxy) is 4. The van der Waals surface area contributed by atoms with E-state index in [9.17, 15) is 18.8 Å². The first-order valence-corrected chi connectivity index (χ1v) is 7.05. The molecule has 1 rings (SSSR count). The first kappa shape index (κ1) is 17.8. The van der Waals surface area contributed by atoms with Crippen molar-refractivity contribution in [2.24, 2.45) is 0 Å². The Bertz CT molecular complexity index is 416. The first-order valence-electron chi connectivity index (χ1n) is 6.13. The monoisotopic (exact) mass is 370 g/mol. The molecule has 0 aromatic heterocycles. The van der Waals surface area contributed by atoms with Gasteiger partial charge in [-0.3, -0.25) is 14.4 Å². The molecule has 0 spiro atoms. The topological polar surface area (TPSA) is 88.1 Å². The van der Waals surface area contributed by atoms with Gasteiger partial charge in [0.2, 0.25) is 0 Å². The summed E-state index contributed by atoms with van der Waals surface area (Å²) in [6.07, 6.45) is -5.27. The molecule has 9 heteroatoms. The summed E-state index contributed by atoms with van der Waals surface area (Å²) in [5, 5.41) is -1.09. The highest BCUT2D eigenvalue weighted by Gasteiger charge is 2.50. The number of rotatable bonds is 4. The Hall–Kier alpha value is -1.22. The van der Waals surface area contributed by atoms with Crippen molar-refractivity contribution < 1.29 is 37.7 Å². The molecule has 0 amide bonds. The zero-order valence-electron chi connectivity index (χ0n) is 11.7. The third-order valence-electron chi connectivity index (χ3n) is 2.61. The molecule has 0 N–H and O–H groups in total. The molecule has 7 nitrogen and oxygen atoms in total. The van der Waals surface area contributed by atoms with Crippen molar-refractivity contribution in [2.45, 2.75) is 50.3 Å². The molecule has 0 aliphatic carbocycles. The van der Waals surface area contributed by atoms with Crippen LogP contribution in [0.4, 0.5) is 4.39 Å². The Balaban J connectivity index is 2.94. The standard InChI is InChI=1S/C12H16BrFO7/c1-5(15)18-4-8-10(19-6(2)16)11(20-7(3)17)9(14)12(13)21-8/h8-12H,4H2,1-3H3. The number of esters is 3. The van der Waals surface area contributed by atoms with Crippen molar-refractivity contribution in [3.8, 4) is 0 Å². The summed E-state index contributed by atoms with van der Waals surface area (Å²) in [4.78, 5) is 33.1. The molecular formula is C12H16BrFO7. The molecule has 1 saturated heterocycles. The lowest BCUT2D eigenvalue weighted by Gasteiger charge is -2.40. The molecule has 120 valence electrons. The van der Waals surface area contributed by atoms with Crippen LogP contribution < -0.4 is 0 Å². The summed E-state index contributed by atoms with van der Waals surface area (Å²) in [5.74, 6) is -2.00. The minimum atomic E-state index is -1.74. The lowest BCUT2D eigenvalue weighted by Crippen LogP contribution is -2.58. The van der Waals surface area contributed by atoms with Gasteiger partial charge in [-0.2, -0.15) is 0 Å². The molecule has 1 aliphatic heterocycles. The molecule has 0 radical (unpaired) electrons. The van der Waals surface area contributed by atoms with Crippen molar-refractivity contribution >= 4 is 33.8 Å². The Morgan fingerprint density at radius 3 is 2.05 bits per heavy atom. The molecule has 1 fully saturated rings. The summed E-state index contributed by atoms with van der Waals surface area (Å²) in [5.41, 5.74) is 0. The average molecular weight is 371 g/mol. The molecular weight excluding hydrogens is 355 g/mol. The molecule has 1 heterocycles. The fourth-order valence-electron chi connectivity index (χ4n) is 1.85. The van der Waals surface area contributed by atoms with Crippen LogP contribution in [0.3, 0.4) is 0 Å². The Kier molecular flexibility index (Phi) is 6.53. The smallest absolute Gasteiger partial charge is 0.303 e. The maximum atomic E-state index is 14.1. The van der Waals surface area contributed by atoms with Crippen molar-refractivity contribution in [3.05, 3.63) is 0 Å². The Morgan fingerprint density at radius 2 is 1.57 bits per heavy atom. The number of halogens is 2. The summed E-state index contributed by atoms with van der Waals surface area (Å²) in [7, 11) is 0. The van der Waals surface area contributed by atoms with Crippen molar-refractivity contribution in [1.82, 2.24) is 0 Å². The molecule has 21 heavy (non-hydrogen) atoms. The predicted octanol–water partition coefficient (Wildman–Crippen LogP) is 0.871. The highest BCUT2D eigenvalue weighted by atomic mass is 79.9. The molecule has 5 atom stereocenters. The normalized spacial score (nSPS) is 32.1. The lowest BCUT2D eigenvalue weighted by atomic mass is 10.0. The molecule has 0 bridgehead atoms. The molecule has 1 aliphatic rings. The van der Waals surface area contributed by atoms with Gasteiger partial charge in [0, 0.05) is 20.8 Å². The second-order valence-electron chi connectivity index (χ2n) is 4.42. The molecule has 0 aromatic carbocycles. The van der Waals surface area contributed by atoms with Crippen LogP contribution in [-0.2, 0) is 33.3 Å². The number of hydrogen-bond acceptors (Lipinski definition) is 7. The number of alkyl halides is 2. The van der Waals surface area contributed by atoms with E-state index in [-0.39, 0.29) is 6.61 Å². The fourth-order valence-corrected chi connectivity index (χ4v) is 2.43. The Morgan fingerprint density at radius 1 is 1.05 bits per heavy atom. The van der Waals surface area contributed by atoms with E-state index in [1.165, 1.54) is 6.92 Å². The minimum Gasteiger partial charge on any atom is -0.463 e. The van der Waals surface area contributed by atoms with Crippen molar-refractivity contribution in [1.29, 1.82) is 0 Å². The van der Waals surface area contributed by atoms with Gasteiger partial charge < -0.3 is 18.9 Å². The van der Waals surface area contributed by atoms with Gasteiger partial charge >= 0.3 is 17.9 Å². The number of carbonyl (C=O) groups excluding carboxylic acids is 3. The highest BCUT2D eigenvalue weighted by Crippen LogP contribution is 2.31. The van der Waals surface area contributed by atoms with Gasteiger partial charge in [-0.1, -0.05) is 15.9 Å². The van der Waals surface area contributed by atoms with Gasteiger partial charge in [-0.25, -0.2) is 4.39 Å². The van der Waals surface area contributed by atoms with E-state index < -0.39 is 47.4 Å². The van der Waals surface area contributed by atoms with Crippen LogP contribution in [0.5, 0.6) is 0 Å². The first-order chi connectivity index (χ1) is 9.72. The third-order valence-corrected chi connectivity index (χ3v) is 3.34. The summed E-state index contributed by atoms with van der Waals surface area (Å²) in [6.45, 7) is 3.16. The minimum absolute atomic E-state index is 0.264. The maximum Gasteiger partial charge on any atom is 0.303 e. The van der Waals surface area contributed by atoms with E-state index >= 15 is 0 Å². The van der Waals surface area contributed by atoms with Crippen LogP contribution in [0.2, 0.25) is 0 Å². The summed E-state index contributed by atoms with van der Waals surface area (Å²) >= 11 is 2.96. The van der Waals surface area contributed by atoms with Gasteiger partial charge in [0.05, 0.1) is 0 Å². The number of hydrogen-bond donors (Lipinski definition) is 0. The molecule has 0 saturated carbocycles. The third kappa shape index (κ3) is 5.24. The maximum absolute atomic E-state index is 14.1. The van der Waals surface area contributed by atoms with E-state index in [0.29, 0.717) is 0 Å². The van der Waals surface area contributed by atoms with Crippen molar-refractivity contribution in [2.75, 3.05) is 6.61 Å². The SMILES string of the molecule is CC(=O)OCC1OC(Br)C(F)C(OC(C)=O)C1OC(C)=O. The van der Waals surface area contributed by atoms with Crippen LogP contribution in [-0.4, -0.2) is 54.0 Å². The van der Waals surface area contributed by atoms with Crippen LogP contribution in [0.25, 0.3) is 0 Å². The van der Waals surface area contributed by atoms with Crippen LogP contribution in [0, 0.1) is 0 Å². The van der Waals surface area contributed by atoms with Crippen molar-refractivity contribution in [3.63, 3.8) is 0 Å². The second-order valence-corrected chi connectivity index (χ2v) is 5.32.